The van der Waals surface area contributed by atoms with Gasteiger partial charge in [0.1, 0.15) is 0 Å². The summed E-state index contributed by atoms with van der Waals surface area (Å²) in [6.07, 6.45) is 3.01. The summed E-state index contributed by atoms with van der Waals surface area (Å²) in [5, 5.41) is 9.66. The standard InChI is InChI=1S/C10H20N2O/c1-3-4-5-10(13)8-12-7-6-11-9(12)2/h10,13H,3-8H2,1-2H3. The van der Waals surface area contributed by atoms with Crippen LogP contribution in [0.3, 0.4) is 0 Å². The average molecular weight is 184 g/mol. The van der Waals surface area contributed by atoms with Crippen molar-refractivity contribution in [3.8, 4) is 0 Å². The topological polar surface area (TPSA) is 35.8 Å². The lowest BCUT2D eigenvalue weighted by Crippen LogP contribution is -2.33. The van der Waals surface area contributed by atoms with Crippen LogP contribution in [0.1, 0.15) is 33.1 Å². The van der Waals surface area contributed by atoms with Crippen molar-refractivity contribution in [3.05, 3.63) is 0 Å². The van der Waals surface area contributed by atoms with Gasteiger partial charge >= 0.3 is 0 Å². The second-order valence-corrected chi connectivity index (χ2v) is 3.67. The van der Waals surface area contributed by atoms with E-state index < -0.39 is 0 Å². The normalized spacial score (nSPS) is 19.0. The van der Waals surface area contributed by atoms with Gasteiger partial charge in [0.05, 0.1) is 18.5 Å². The van der Waals surface area contributed by atoms with Crippen LogP contribution in [0.25, 0.3) is 0 Å². The number of nitrogens with zero attached hydrogens (tertiary/aromatic N) is 2. The number of amidine groups is 1. The van der Waals surface area contributed by atoms with E-state index in [1.165, 1.54) is 0 Å². The lowest BCUT2D eigenvalue weighted by molar-refractivity contribution is 0.134. The van der Waals surface area contributed by atoms with E-state index in [-0.39, 0.29) is 6.10 Å². The summed E-state index contributed by atoms with van der Waals surface area (Å²) in [6.45, 7) is 6.80. The Morgan fingerprint density at radius 1 is 1.62 bits per heavy atom. The molecule has 3 nitrogen and oxygen atoms in total. The number of hydrogen-bond acceptors (Lipinski definition) is 3. The summed E-state index contributed by atoms with van der Waals surface area (Å²) in [7, 11) is 0. The van der Waals surface area contributed by atoms with E-state index in [1.54, 1.807) is 0 Å². The van der Waals surface area contributed by atoms with Crippen LogP contribution >= 0.6 is 0 Å². The molecule has 1 atom stereocenters. The minimum atomic E-state index is -0.178. The quantitative estimate of drug-likeness (QED) is 0.698. The Hall–Kier alpha value is -0.570. The molecule has 13 heavy (non-hydrogen) atoms. The molecule has 0 saturated carbocycles. The van der Waals surface area contributed by atoms with Crippen LogP contribution < -0.4 is 0 Å². The van der Waals surface area contributed by atoms with Gasteiger partial charge in [-0.25, -0.2) is 0 Å². The maximum absolute atomic E-state index is 9.66. The molecule has 1 heterocycles. The Bertz CT molecular complexity index is 180. The van der Waals surface area contributed by atoms with Gasteiger partial charge in [-0.3, -0.25) is 4.99 Å². The van der Waals surface area contributed by atoms with E-state index in [0.717, 1.165) is 44.7 Å². The summed E-state index contributed by atoms with van der Waals surface area (Å²) in [5.41, 5.74) is 0. The zero-order valence-electron chi connectivity index (χ0n) is 8.66. The van der Waals surface area contributed by atoms with Crippen LogP contribution in [0.15, 0.2) is 4.99 Å². The monoisotopic (exact) mass is 184 g/mol. The smallest absolute Gasteiger partial charge is 0.0959 e. The minimum Gasteiger partial charge on any atom is -0.391 e. The van der Waals surface area contributed by atoms with Gasteiger partial charge < -0.3 is 10.0 Å². The van der Waals surface area contributed by atoms with Gasteiger partial charge in [0.15, 0.2) is 0 Å². The van der Waals surface area contributed by atoms with E-state index >= 15 is 0 Å². The molecule has 0 spiro atoms. The SMILES string of the molecule is CCCCC(O)CN1CCN=C1C. The van der Waals surface area contributed by atoms with Crippen molar-refractivity contribution in [2.45, 2.75) is 39.2 Å². The van der Waals surface area contributed by atoms with E-state index in [0.29, 0.717) is 0 Å². The third-order valence-corrected chi connectivity index (χ3v) is 2.49. The summed E-state index contributed by atoms with van der Waals surface area (Å²) < 4.78 is 0. The first-order chi connectivity index (χ1) is 6.24. The zero-order chi connectivity index (χ0) is 9.68. The predicted octanol–water partition coefficient (Wildman–Crippen LogP) is 1.27. The second-order valence-electron chi connectivity index (χ2n) is 3.67. The van der Waals surface area contributed by atoms with Gasteiger partial charge in [0.25, 0.3) is 0 Å². The molecular weight excluding hydrogens is 164 g/mol. The first-order valence-corrected chi connectivity index (χ1v) is 5.18. The molecule has 76 valence electrons. The van der Waals surface area contributed by atoms with Crippen LogP contribution in [-0.4, -0.2) is 41.6 Å². The lowest BCUT2D eigenvalue weighted by atomic mass is 10.1. The van der Waals surface area contributed by atoms with Crippen molar-refractivity contribution < 1.29 is 5.11 Å². The molecular formula is C10H20N2O. The van der Waals surface area contributed by atoms with E-state index in [4.69, 9.17) is 0 Å². The Labute approximate surface area is 80.5 Å². The first kappa shape index (κ1) is 10.5. The van der Waals surface area contributed by atoms with Gasteiger partial charge in [-0.2, -0.15) is 0 Å². The molecule has 1 rings (SSSR count). The number of unbranched alkanes of at least 4 members (excludes halogenated alkanes) is 1. The number of β-amino-alcohol motifs (C(OH)–C–C–N with tert-alkyl or cyclic N) is 1. The van der Waals surface area contributed by atoms with E-state index in [9.17, 15) is 5.11 Å². The number of aliphatic imine (C=N–C) groups is 1. The molecule has 0 aromatic carbocycles. The van der Waals surface area contributed by atoms with Crippen molar-refractivity contribution in [2.75, 3.05) is 19.6 Å². The highest BCUT2D eigenvalue weighted by molar-refractivity contribution is 5.81. The van der Waals surface area contributed by atoms with Crippen LogP contribution in [0.2, 0.25) is 0 Å². The number of hydrogen-bond donors (Lipinski definition) is 1. The summed E-state index contributed by atoms with van der Waals surface area (Å²) >= 11 is 0. The fourth-order valence-corrected chi connectivity index (χ4v) is 1.60. The minimum absolute atomic E-state index is 0.178. The first-order valence-electron chi connectivity index (χ1n) is 5.18. The summed E-state index contributed by atoms with van der Waals surface area (Å²) in [6, 6.07) is 0. The molecule has 1 aliphatic rings. The fourth-order valence-electron chi connectivity index (χ4n) is 1.60. The molecule has 3 heteroatoms. The van der Waals surface area contributed by atoms with Crippen LogP contribution in [0, 0.1) is 0 Å². The highest BCUT2D eigenvalue weighted by atomic mass is 16.3. The molecule has 0 amide bonds. The van der Waals surface area contributed by atoms with Crippen LogP contribution in [-0.2, 0) is 0 Å². The fraction of sp³-hybridized carbons (Fsp3) is 0.900. The highest BCUT2D eigenvalue weighted by Gasteiger charge is 2.15. The van der Waals surface area contributed by atoms with Crippen molar-refractivity contribution in [1.82, 2.24) is 4.90 Å². The van der Waals surface area contributed by atoms with Crippen molar-refractivity contribution in [2.24, 2.45) is 4.99 Å². The number of aliphatic hydroxyl groups excluding tert-OH is 1. The van der Waals surface area contributed by atoms with Gasteiger partial charge in [0, 0.05) is 13.1 Å². The number of rotatable bonds is 5. The van der Waals surface area contributed by atoms with Gasteiger partial charge in [0.2, 0.25) is 0 Å². The Morgan fingerprint density at radius 2 is 2.38 bits per heavy atom. The van der Waals surface area contributed by atoms with Gasteiger partial charge in [-0.1, -0.05) is 19.8 Å². The van der Waals surface area contributed by atoms with Crippen molar-refractivity contribution in [1.29, 1.82) is 0 Å². The largest absolute Gasteiger partial charge is 0.391 e. The molecule has 0 radical (unpaired) electrons. The molecule has 0 aromatic rings. The maximum Gasteiger partial charge on any atom is 0.0959 e. The molecule has 0 aromatic heterocycles. The predicted molar refractivity (Wildman–Crippen MR) is 55.1 cm³/mol. The maximum atomic E-state index is 9.66. The molecule has 0 fully saturated rings. The van der Waals surface area contributed by atoms with E-state index in [1.807, 2.05) is 6.92 Å². The van der Waals surface area contributed by atoms with Crippen molar-refractivity contribution >= 4 is 5.84 Å². The highest BCUT2D eigenvalue weighted by Crippen LogP contribution is 2.06. The molecule has 0 aliphatic carbocycles. The average Bonchev–Trinajstić information content (AvgIpc) is 2.48. The lowest BCUT2D eigenvalue weighted by Gasteiger charge is -2.21. The number of aliphatic hydroxyl groups is 1. The third-order valence-electron chi connectivity index (χ3n) is 2.49. The van der Waals surface area contributed by atoms with Crippen molar-refractivity contribution in [3.63, 3.8) is 0 Å². The van der Waals surface area contributed by atoms with Gasteiger partial charge in [-0.15, -0.1) is 0 Å². The Kier molecular flexibility index (Phi) is 4.22. The van der Waals surface area contributed by atoms with Crippen LogP contribution in [0.4, 0.5) is 0 Å². The Balaban J connectivity index is 2.20. The third kappa shape index (κ3) is 3.35. The molecule has 0 bridgehead atoms. The molecule has 1 N–H and O–H groups in total. The van der Waals surface area contributed by atoms with Gasteiger partial charge in [-0.05, 0) is 13.3 Å². The molecule has 0 saturated heterocycles. The molecule has 1 unspecified atom stereocenters. The van der Waals surface area contributed by atoms with E-state index in [2.05, 4.69) is 16.8 Å². The second kappa shape index (κ2) is 5.22. The summed E-state index contributed by atoms with van der Waals surface area (Å²) in [5.74, 6) is 1.08. The molecule has 1 aliphatic heterocycles. The Morgan fingerprint density at radius 3 is 2.92 bits per heavy atom. The van der Waals surface area contributed by atoms with Crippen LogP contribution in [0.5, 0.6) is 0 Å². The zero-order valence-corrected chi connectivity index (χ0v) is 8.66. The summed E-state index contributed by atoms with van der Waals surface area (Å²) in [4.78, 5) is 6.45.